The summed E-state index contributed by atoms with van der Waals surface area (Å²) in [7, 11) is 0. The molecule has 0 radical (unpaired) electrons. The van der Waals surface area contributed by atoms with Gasteiger partial charge in [0.2, 0.25) is 5.95 Å². The molecule has 1 aromatic heterocycles. The Morgan fingerprint density at radius 3 is 2.60 bits per heavy atom. The van der Waals surface area contributed by atoms with Gasteiger partial charge in [0.05, 0.1) is 0 Å². The van der Waals surface area contributed by atoms with Crippen LogP contribution in [0.15, 0.2) is 60.8 Å². The van der Waals surface area contributed by atoms with Crippen LogP contribution in [0.2, 0.25) is 0 Å². The average Bonchev–Trinajstić information content (AvgIpc) is 3.23. The highest BCUT2D eigenvalue weighted by atomic mass is 16.2. The van der Waals surface area contributed by atoms with Gasteiger partial charge in [-0.15, -0.1) is 0 Å². The number of hydrogen-bond acceptors (Lipinski definition) is 5. The molecule has 0 N–H and O–H groups in total. The minimum absolute atomic E-state index is 0.0185. The number of aromatic nitrogens is 2. The van der Waals surface area contributed by atoms with Gasteiger partial charge in [0, 0.05) is 50.3 Å². The molecule has 3 aromatic rings. The van der Waals surface area contributed by atoms with E-state index in [0.29, 0.717) is 24.7 Å². The summed E-state index contributed by atoms with van der Waals surface area (Å²) in [4.78, 5) is 28.5. The van der Waals surface area contributed by atoms with Crippen LogP contribution in [-0.4, -0.2) is 53.5 Å². The number of para-hydroxylation sites is 1. The van der Waals surface area contributed by atoms with Crippen LogP contribution in [-0.2, 0) is 6.42 Å². The summed E-state index contributed by atoms with van der Waals surface area (Å²) in [6.45, 7) is 5.98. The van der Waals surface area contributed by atoms with Crippen LogP contribution in [0, 0.1) is 6.92 Å². The van der Waals surface area contributed by atoms with E-state index in [2.05, 4.69) is 69.2 Å². The van der Waals surface area contributed by atoms with Gasteiger partial charge < -0.3 is 14.7 Å². The molecule has 0 atom stereocenters. The lowest BCUT2D eigenvalue weighted by molar-refractivity contribution is 0.0740. The SMILES string of the molecule is Cc1cccc(N2CCN(C(=O)c3ccnc(N4CCc5ccccc54)n3)CC2)c1. The lowest BCUT2D eigenvalue weighted by atomic mass is 10.2. The van der Waals surface area contributed by atoms with Crippen LogP contribution in [0.4, 0.5) is 17.3 Å². The number of piperazine rings is 1. The molecule has 3 heterocycles. The van der Waals surface area contributed by atoms with Gasteiger partial charge >= 0.3 is 0 Å². The number of fused-ring (bicyclic) bond motifs is 1. The molecular weight excluding hydrogens is 374 g/mol. The first-order chi connectivity index (χ1) is 14.7. The van der Waals surface area contributed by atoms with E-state index in [-0.39, 0.29) is 5.91 Å². The molecular formula is C24H25N5O. The van der Waals surface area contributed by atoms with Crippen molar-refractivity contribution in [2.45, 2.75) is 13.3 Å². The largest absolute Gasteiger partial charge is 0.368 e. The van der Waals surface area contributed by atoms with Crippen molar-refractivity contribution >= 4 is 23.2 Å². The predicted molar refractivity (Wildman–Crippen MR) is 118 cm³/mol. The first kappa shape index (κ1) is 18.6. The number of carbonyl (C=O) groups is 1. The van der Waals surface area contributed by atoms with Crippen molar-refractivity contribution < 1.29 is 4.79 Å². The van der Waals surface area contributed by atoms with Crippen molar-refractivity contribution in [3.63, 3.8) is 0 Å². The van der Waals surface area contributed by atoms with Crippen molar-refractivity contribution in [1.82, 2.24) is 14.9 Å². The summed E-state index contributed by atoms with van der Waals surface area (Å²) in [5.74, 6) is 0.583. The molecule has 0 aliphatic carbocycles. The third-order valence-corrected chi connectivity index (χ3v) is 5.92. The van der Waals surface area contributed by atoms with Crippen LogP contribution >= 0.6 is 0 Å². The Bertz CT molecular complexity index is 1070. The van der Waals surface area contributed by atoms with Gasteiger partial charge in [-0.05, 0) is 48.7 Å². The van der Waals surface area contributed by atoms with Gasteiger partial charge in [0.25, 0.3) is 5.91 Å². The van der Waals surface area contributed by atoms with Crippen molar-refractivity contribution in [3.05, 3.63) is 77.6 Å². The van der Waals surface area contributed by atoms with Crippen LogP contribution in [0.3, 0.4) is 0 Å². The highest BCUT2D eigenvalue weighted by Gasteiger charge is 2.26. The Kier molecular flexibility index (Phi) is 4.83. The van der Waals surface area contributed by atoms with E-state index < -0.39 is 0 Å². The third kappa shape index (κ3) is 3.49. The van der Waals surface area contributed by atoms with E-state index in [1.165, 1.54) is 16.8 Å². The maximum atomic E-state index is 13.1. The van der Waals surface area contributed by atoms with E-state index in [1.807, 2.05) is 11.0 Å². The zero-order valence-electron chi connectivity index (χ0n) is 17.2. The third-order valence-electron chi connectivity index (χ3n) is 5.92. The quantitative estimate of drug-likeness (QED) is 0.675. The minimum Gasteiger partial charge on any atom is -0.368 e. The summed E-state index contributed by atoms with van der Waals surface area (Å²) in [5, 5.41) is 0. The zero-order valence-corrected chi connectivity index (χ0v) is 17.2. The molecule has 2 aliphatic heterocycles. The van der Waals surface area contributed by atoms with E-state index in [9.17, 15) is 4.79 Å². The van der Waals surface area contributed by atoms with Crippen LogP contribution in [0.25, 0.3) is 0 Å². The first-order valence-corrected chi connectivity index (χ1v) is 10.5. The monoisotopic (exact) mass is 399 g/mol. The lowest BCUT2D eigenvalue weighted by Gasteiger charge is -2.36. The maximum absolute atomic E-state index is 13.1. The van der Waals surface area contributed by atoms with Crippen molar-refractivity contribution in [3.8, 4) is 0 Å². The number of nitrogens with zero attached hydrogens (tertiary/aromatic N) is 5. The van der Waals surface area contributed by atoms with E-state index in [4.69, 9.17) is 0 Å². The molecule has 1 amide bonds. The van der Waals surface area contributed by atoms with Crippen molar-refractivity contribution in [2.75, 3.05) is 42.5 Å². The minimum atomic E-state index is -0.0185. The molecule has 152 valence electrons. The molecule has 0 spiro atoms. The molecule has 6 heteroatoms. The highest BCUT2D eigenvalue weighted by Crippen LogP contribution is 2.32. The van der Waals surface area contributed by atoms with Gasteiger partial charge in [-0.2, -0.15) is 0 Å². The number of benzene rings is 2. The second kappa shape index (κ2) is 7.78. The lowest BCUT2D eigenvalue weighted by Crippen LogP contribution is -2.49. The van der Waals surface area contributed by atoms with E-state index in [0.717, 1.165) is 31.7 Å². The Balaban J connectivity index is 1.29. The topological polar surface area (TPSA) is 52.6 Å². The van der Waals surface area contributed by atoms with E-state index >= 15 is 0 Å². The molecule has 1 fully saturated rings. The fraction of sp³-hybridized carbons (Fsp3) is 0.292. The standard InChI is InChI=1S/C24H25N5O/c1-18-5-4-7-20(17-18)27-13-15-28(16-14-27)23(30)21-9-11-25-24(26-21)29-12-10-19-6-2-3-8-22(19)29/h2-9,11,17H,10,12-16H2,1H3. The molecule has 2 aromatic carbocycles. The molecule has 30 heavy (non-hydrogen) atoms. The summed E-state index contributed by atoms with van der Waals surface area (Å²) in [5.41, 5.74) is 5.37. The molecule has 0 bridgehead atoms. The second-order valence-corrected chi connectivity index (χ2v) is 7.89. The summed E-state index contributed by atoms with van der Waals surface area (Å²) in [6, 6.07) is 18.6. The number of rotatable bonds is 3. The summed E-state index contributed by atoms with van der Waals surface area (Å²) >= 11 is 0. The van der Waals surface area contributed by atoms with Crippen LogP contribution < -0.4 is 9.80 Å². The summed E-state index contributed by atoms with van der Waals surface area (Å²) < 4.78 is 0. The Morgan fingerprint density at radius 1 is 0.933 bits per heavy atom. The Hall–Kier alpha value is -3.41. The van der Waals surface area contributed by atoms with Gasteiger partial charge in [-0.1, -0.05) is 30.3 Å². The molecule has 1 saturated heterocycles. The Labute approximate surface area is 176 Å². The van der Waals surface area contributed by atoms with E-state index in [1.54, 1.807) is 12.3 Å². The number of anilines is 3. The number of hydrogen-bond donors (Lipinski definition) is 0. The van der Waals surface area contributed by atoms with Crippen LogP contribution in [0.5, 0.6) is 0 Å². The number of amides is 1. The fourth-order valence-electron chi connectivity index (χ4n) is 4.30. The Morgan fingerprint density at radius 2 is 1.77 bits per heavy atom. The first-order valence-electron chi connectivity index (χ1n) is 10.5. The fourth-order valence-corrected chi connectivity index (χ4v) is 4.30. The summed E-state index contributed by atoms with van der Waals surface area (Å²) in [6.07, 6.45) is 2.66. The van der Waals surface area contributed by atoms with Crippen molar-refractivity contribution in [2.24, 2.45) is 0 Å². The van der Waals surface area contributed by atoms with Crippen molar-refractivity contribution in [1.29, 1.82) is 0 Å². The maximum Gasteiger partial charge on any atom is 0.272 e. The molecule has 0 unspecified atom stereocenters. The number of aryl methyl sites for hydroxylation is 1. The molecule has 6 nitrogen and oxygen atoms in total. The molecule has 2 aliphatic rings. The second-order valence-electron chi connectivity index (χ2n) is 7.89. The zero-order chi connectivity index (χ0) is 20.5. The highest BCUT2D eigenvalue weighted by molar-refractivity contribution is 5.92. The number of carbonyl (C=O) groups excluding carboxylic acids is 1. The molecule has 5 rings (SSSR count). The van der Waals surface area contributed by atoms with Gasteiger partial charge in [0.1, 0.15) is 5.69 Å². The predicted octanol–water partition coefficient (Wildman–Crippen LogP) is 3.44. The normalized spacial score (nSPS) is 16.0. The van der Waals surface area contributed by atoms with Gasteiger partial charge in [-0.25, -0.2) is 9.97 Å². The van der Waals surface area contributed by atoms with Gasteiger partial charge in [0.15, 0.2) is 0 Å². The molecule has 0 saturated carbocycles. The average molecular weight is 399 g/mol. The van der Waals surface area contributed by atoms with Gasteiger partial charge in [-0.3, -0.25) is 4.79 Å². The van der Waals surface area contributed by atoms with Crippen LogP contribution in [0.1, 0.15) is 21.6 Å². The smallest absolute Gasteiger partial charge is 0.272 e.